The molecule has 0 aliphatic heterocycles. The van der Waals surface area contributed by atoms with Crippen LogP contribution in [0, 0.1) is 6.92 Å². The van der Waals surface area contributed by atoms with E-state index in [-0.39, 0.29) is 0 Å². The predicted octanol–water partition coefficient (Wildman–Crippen LogP) is 1.91. The summed E-state index contributed by atoms with van der Waals surface area (Å²) in [6.45, 7) is 5.19. The third kappa shape index (κ3) is 3.44. The van der Waals surface area contributed by atoms with Crippen molar-refractivity contribution in [2.24, 2.45) is 0 Å². The number of rotatable bonds is 6. The zero-order valence-electron chi connectivity index (χ0n) is 10.6. The van der Waals surface area contributed by atoms with Crippen molar-refractivity contribution in [1.29, 1.82) is 0 Å². The highest BCUT2D eigenvalue weighted by Gasteiger charge is 2.03. The van der Waals surface area contributed by atoms with Gasteiger partial charge in [-0.1, -0.05) is 6.92 Å². The van der Waals surface area contributed by atoms with Crippen molar-refractivity contribution in [2.75, 3.05) is 11.9 Å². The summed E-state index contributed by atoms with van der Waals surface area (Å²) in [6, 6.07) is 1.83. The minimum absolute atomic E-state index is 0.553. The molecule has 6 heteroatoms. The number of aromatic nitrogens is 4. The van der Waals surface area contributed by atoms with Gasteiger partial charge in [0.2, 0.25) is 11.8 Å². The average molecular weight is 247 g/mol. The molecular formula is C12H17N5O. The molecule has 0 aliphatic rings. The SMILES string of the molecule is CCCOc1cc(C)nc(NCc2ncc[nH]2)n1. The zero-order valence-corrected chi connectivity index (χ0v) is 10.6. The largest absolute Gasteiger partial charge is 0.478 e. The molecule has 0 bridgehead atoms. The standard InChI is InChI=1S/C12H17N5O/c1-3-6-18-11-7-9(2)16-12(17-11)15-8-10-13-4-5-14-10/h4-5,7H,3,6,8H2,1-2H3,(H,13,14)(H,15,16,17). The van der Waals surface area contributed by atoms with Crippen molar-refractivity contribution in [3.05, 3.63) is 30.0 Å². The molecule has 0 amide bonds. The second-order valence-corrected chi connectivity index (χ2v) is 3.91. The van der Waals surface area contributed by atoms with Gasteiger partial charge in [0.15, 0.2) is 0 Å². The Bertz CT molecular complexity index is 483. The Kier molecular flexibility index (Phi) is 4.11. The molecule has 2 rings (SSSR count). The van der Waals surface area contributed by atoms with Gasteiger partial charge in [0.25, 0.3) is 0 Å². The average Bonchev–Trinajstić information content (AvgIpc) is 2.86. The molecule has 0 atom stereocenters. The molecule has 0 saturated carbocycles. The van der Waals surface area contributed by atoms with Crippen molar-refractivity contribution in [2.45, 2.75) is 26.8 Å². The Morgan fingerprint density at radius 1 is 1.39 bits per heavy atom. The van der Waals surface area contributed by atoms with Gasteiger partial charge >= 0.3 is 0 Å². The van der Waals surface area contributed by atoms with Crippen LogP contribution in [-0.4, -0.2) is 26.5 Å². The van der Waals surface area contributed by atoms with Crippen molar-refractivity contribution in [3.8, 4) is 5.88 Å². The topological polar surface area (TPSA) is 75.7 Å². The summed E-state index contributed by atoms with van der Waals surface area (Å²) < 4.78 is 5.50. The third-order valence-electron chi connectivity index (χ3n) is 2.25. The predicted molar refractivity (Wildman–Crippen MR) is 68.5 cm³/mol. The van der Waals surface area contributed by atoms with Crippen LogP contribution in [0.1, 0.15) is 24.9 Å². The zero-order chi connectivity index (χ0) is 12.8. The van der Waals surface area contributed by atoms with Gasteiger partial charge in [0, 0.05) is 24.2 Å². The number of nitrogens with one attached hydrogen (secondary N) is 2. The van der Waals surface area contributed by atoms with E-state index in [1.54, 1.807) is 12.4 Å². The van der Waals surface area contributed by atoms with Crippen LogP contribution in [0.4, 0.5) is 5.95 Å². The van der Waals surface area contributed by atoms with Crippen LogP contribution in [0.5, 0.6) is 5.88 Å². The fourth-order valence-electron chi connectivity index (χ4n) is 1.46. The van der Waals surface area contributed by atoms with Crippen LogP contribution in [0.15, 0.2) is 18.5 Å². The quantitative estimate of drug-likeness (QED) is 0.815. The molecule has 18 heavy (non-hydrogen) atoms. The number of nitrogens with zero attached hydrogens (tertiary/aromatic N) is 3. The first-order chi connectivity index (χ1) is 8.78. The maximum absolute atomic E-state index is 5.50. The van der Waals surface area contributed by atoms with Gasteiger partial charge in [-0.2, -0.15) is 4.98 Å². The van der Waals surface area contributed by atoms with E-state index in [1.807, 2.05) is 13.0 Å². The van der Waals surface area contributed by atoms with E-state index < -0.39 is 0 Å². The summed E-state index contributed by atoms with van der Waals surface area (Å²) in [7, 11) is 0. The lowest BCUT2D eigenvalue weighted by Gasteiger charge is -2.08. The Morgan fingerprint density at radius 3 is 3.00 bits per heavy atom. The first-order valence-corrected chi connectivity index (χ1v) is 5.98. The van der Waals surface area contributed by atoms with Gasteiger partial charge in [-0.3, -0.25) is 0 Å². The molecule has 6 nitrogen and oxygen atoms in total. The molecule has 96 valence electrons. The second kappa shape index (κ2) is 6.00. The summed E-state index contributed by atoms with van der Waals surface area (Å²) in [5, 5.41) is 3.11. The highest BCUT2D eigenvalue weighted by molar-refractivity contribution is 5.30. The summed E-state index contributed by atoms with van der Waals surface area (Å²) in [5.74, 6) is 2.00. The van der Waals surface area contributed by atoms with E-state index >= 15 is 0 Å². The number of aryl methyl sites for hydroxylation is 1. The second-order valence-electron chi connectivity index (χ2n) is 3.91. The van der Waals surface area contributed by atoms with Gasteiger partial charge in [-0.15, -0.1) is 0 Å². The minimum atomic E-state index is 0.553. The lowest BCUT2D eigenvalue weighted by Crippen LogP contribution is -2.07. The molecule has 0 spiro atoms. The van der Waals surface area contributed by atoms with Crippen LogP contribution in [0.3, 0.4) is 0 Å². The fraction of sp³-hybridized carbons (Fsp3) is 0.417. The van der Waals surface area contributed by atoms with Crippen molar-refractivity contribution in [3.63, 3.8) is 0 Å². The molecule has 0 unspecified atom stereocenters. The number of anilines is 1. The van der Waals surface area contributed by atoms with Crippen LogP contribution in [-0.2, 0) is 6.54 Å². The maximum atomic E-state index is 5.50. The van der Waals surface area contributed by atoms with Crippen LogP contribution < -0.4 is 10.1 Å². The van der Waals surface area contributed by atoms with E-state index in [2.05, 4.69) is 32.2 Å². The van der Waals surface area contributed by atoms with Gasteiger partial charge in [-0.25, -0.2) is 9.97 Å². The third-order valence-corrected chi connectivity index (χ3v) is 2.25. The number of aromatic amines is 1. The van der Waals surface area contributed by atoms with E-state index in [0.717, 1.165) is 17.9 Å². The Morgan fingerprint density at radius 2 is 2.28 bits per heavy atom. The number of ether oxygens (including phenoxy) is 1. The normalized spacial score (nSPS) is 10.3. The van der Waals surface area contributed by atoms with Crippen LogP contribution >= 0.6 is 0 Å². The van der Waals surface area contributed by atoms with Crippen LogP contribution in [0.25, 0.3) is 0 Å². The maximum Gasteiger partial charge on any atom is 0.226 e. The van der Waals surface area contributed by atoms with E-state index in [9.17, 15) is 0 Å². The lowest BCUT2D eigenvalue weighted by molar-refractivity contribution is 0.305. The lowest BCUT2D eigenvalue weighted by atomic mass is 10.4. The highest BCUT2D eigenvalue weighted by Crippen LogP contribution is 2.12. The van der Waals surface area contributed by atoms with Gasteiger partial charge in [0.05, 0.1) is 13.2 Å². The summed E-state index contributed by atoms with van der Waals surface area (Å²) in [6.07, 6.45) is 4.45. The monoisotopic (exact) mass is 247 g/mol. The molecule has 0 fully saturated rings. The molecular weight excluding hydrogens is 230 g/mol. The summed E-state index contributed by atoms with van der Waals surface area (Å²) in [5.41, 5.74) is 0.873. The summed E-state index contributed by atoms with van der Waals surface area (Å²) >= 11 is 0. The Balaban J connectivity index is 2.00. The van der Waals surface area contributed by atoms with Crippen molar-refractivity contribution < 1.29 is 4.74 Å². The smallest absolute Gasteiger partial charge is 0.226 e. The molecule has 2 aromatic rings. The van der Waals surface area contributed by atoms with E-state index in [0.29, 0.717) is 25.0 Å². The number of hydrogen-bond acceptors (Lipinski definition) is 5. The first kappa shape index (κ1) is 12.3. The fourth-order valence-corrected chi connectivity index (χ4v) is 1.46. The molecule has 2 N–H and O–H groups in total. The minimum Gasteiger partial charge on any atom is -0.478 e. The number of hydrogen-bond donors (Lipinski definition) is 2. The highest BCUT2D eigenvalue weighted by atomic mass is 16.5. The molecule has 0 radical (unpaired) electrons. The van der Waals surface area contributed by atoms with Gasteiger partial charge in [-0.05, 0) is 13.3 Å². The van der Waals surface area contributed by atoms with Crippen LogP contribution in [0.2, 0.25) is 0 Å². The molecule has 0 saturated heterocycles. The number of imidazole rings is 1. The number of H-pyrrole nitrogens is 1. The first-order valence-electron chi connectivity index (χ1n) is 5.98. The Labute approximate surface area is 106 Å². The van der Waals surface area contributed by atoms with Crippen molar-refractivity contribution in [1.82, 2.24) is 19.9 Å². The molecule has 0 aromatic carbocycles. The van der Waals surface area contributed by atoms with E-state index in [4.69, 9.17) is 4.74 Å². The van der Waals surface area contributed by atoms with Gasteiger partial charge in [0.1, 0.15) is 5.82 Å². The van der Waals surface area contributed by atoms with Gasteiger partial charge < -0.3 is 15.0 Å². The Hall–Kier alpha value is -2.11. The molecule has 2 aromatic heterocycles. The van der Waals surface area contributed by atoms with E-state index in [1.165, 1.54) is 0 Å². The van der Waals surface area contributed by atoms with Crippen molar-refractivity contribution >= 4 is 5.95 Å². The molecule has 0 aliphatic carbocycles. The molecule has 2 heterocycles. The summed E-state index contributed by atoms with van der Waals surface area (Å²) in [4.78, 5) is 15.7.